The summed E-state index contributed by atoms with van der Waals surface area (Å²) in [6, 6.07) is 32.3. The highest BCUT2D eigenvalue weighted by molar-refractivity contribution is 6.00. The summed E-state index contributed by atoms with van der Waals surface area (Å²) in [6.07, 6.45) is -0.558. The Kier molecular flexibility index (Phi) is 7.41. The summed E-state index contributed by atoms with van der Waals surface area (Å²) in [5.74, 6) is -0.648. The largest absolute Gasteiger partial charge is 0.507 e. The summed E-state index contributed by atoms with van der Waals surface area (Å²) in [7, 11) is 0. The average Bonchev–Trinajstić information content (AvgIpc) is 2.95. The smallest absolute Gasteiger partial charge is 0.412 e. The van der Waals surface area contributed by atoms with E-state index < -0.39 is 24.3 Å². The van der Waals surface area contributed by atoms with Crippen molar-refractivity contribution in [3.05, 3.63) is 127 Å². The van der Waals surface area contributed by atoms with Crippen LogP contribution in [0.15, 0.2) is 121 Å². The van der Waals surface area contributed by atoms with Crippen molar-refractivity contribution in [3.63, 3.8) is 0 Å². The predicted octanol–water partition coefficient (Wildman–Crippen LogP) is 7.08. The van der Waals surface area contributed by atoms with Crippen molar-refractivity contribution in [2.24, 2.45) is 0 Å². The van der Waals surface area contributed by atoms with Gasteiger partial charge in [-0.3, -0.25) is 5.32 Å². The summed E-state index contributed by atoms with van der Waals surface area (Å²) in [4.78, 5) is 24.8. The van der Waals surface area contributed by atoms with Crippen molar-refractivity contribution in [3.8, 4) is 11.5 Å². The van der Waals surface area contributed by atoms with Gasteiger partial charge in [0.15, 0.2) is 12.2 Å². The molecule has 0 radical (unpaired) electrons. The van der Waals surface area contributed by atoms with Gasteiger partial charge in [-0.25, -0.2) is 9.59 Å². The third-order valence-electron chi connectivity index (χ3n) is 6.24. The van der Waals surface area contributed by atoms with Crippen LogP contribution in [0.25, 0.3) is 21.5 Å². The molecule has 3 N–H and O–H groups in total. The number of carbonyl (C=O) groups excluding carboxylic acids is 1. The molecule has 0 aliphatic rings. The normalized spacial score (nSPS) is 12.7. The highest BCUT2D eigenvalue weighted by Gasteiger charge is 2.30. The summed E-state index contributed by atoms with van der Waals surface area (Å²) in [5.41, 5.74) is 1.10. The molecule has 2 atom stereocenters. The van der Waals surface area contributed by atoms with Crippen LogP contribution in [0.5, 0.6) is 11.5 Å². The SMILES string of the molecule is O=C(O)/C=C/[C@H](Oc1ccccc1)[C@@H](OC(=O)Nc1cccc2ccccc12)c1ccc(O)c2ccccc12. The second-order valence-corrected chi connectivity index (χ2v) is 8.79. The number of hydrogen-bond donors (Lipinski definition) is 3. The summed E-state index contributed by atoms with van der Waals surface area (Å²) in [5, 5.41) is 25.6. The number of carbonyl (C=O) groups is 2. The van der Waals surface area contributed by atoms with Crippen LogP contribution in [0, 0.1) is 0 Å². The second-order valence-electron chi connectivity index (χ2n) is 8.79. The van der Waals surface area contributed by atoms with Gasteiger partial charge in [0.1, 0.15) is 11.5 Å². The number of phenolic OH excluding ortho intramolecular Hbond substituents is 1. The first-order valence-electron chi connectivity index (χ1n) is 12.3. The Morgan fingerprint density at radius 3 is 2.18 bits per heavy atom. The molecule has 5 rings (SSSR count). The maximum atomic E-state index is 13.4. The van der Waals surface area contributed by atoms with Crippen molar-refractivity contribution in [1.29, 1.82) is 0 Å². The number of aromatic hydroxyl groups is 1. The van der Waals surface area contributed by atoms with E-state index in [0.29, 0.717) is 27.8 Å². The fourth-order valence-electron chi connectivity index (χ4n) is 4.49. The van der Waals surface area contributed by atoms with Gasteiger partial charge in [0.2, 0.25) is 0 Å². The number of para-hydroxylation sites is 1. The van der Waals surface area contributed by atoms with Crippen LogP contribution >= 0.6 is 0 Å². The number of rotatable bonds is 8. The zero-order chi connectivity index (χ0) is 27.2. The maximum Gasteiger partial charge on any atom is 0.412 e. The molecule has 0 heterocycles. The van der Waals surface area contributed by atoms with Crippen molar-refractivity contribution in [2.75, 3.05) is 5.32 Å². The fourth-order valence-corrected chi connectivity index (χ4v) is 4.49. The van der Waals surface area contributed by atoms with E-state index in [0.717, 1.165) is 16.8 Å². The van der Waals surface area contributed by atoms with Gasteiger partial charge in [-0.15, -0.1) is 0 Å². The van der Waals surface area contributed by atoms with E-state index in [1.165, 1.54) is 12.1 Å². The predicted molar refractivity (Wildman–Crippen MR) is 150 cm³/mol. The summed E-state index contributed by atoms with van der Waals surface area (Å²) in [6.45, 7) is 0. The number of fused-ring (bicyclic) bond motifs is 2. The molecule has 0 aromatic heterocycles. The lowest BCUT2D eigenvalue weighted by Gasteiger charge is -2.27. The van der Waals surface area contributed by atoms with E-state index >= 15 is 0 Å². The molecule has 39 heavy (non-hydrogen) atoms. The molecule has 7 heteroatoms. The molecule has 5 aromatic carbocycles. The third kappa shape index (κ3) is 5.83. The van der Waals surface area contributed by atoms with E-state index in [1.54, 1.807) is 60.7 Å². The Morgan fingerprint density at radius 1 is 0.744 bits per heavy atom. The quantitative estimate of drug-likeness (QED) is 0.189. The molecule has 0 aliphatic heterocycles. The van der Waals surface area contributed by atoms with E-state index in [4.69, 9.17) is 9.47 Å². The zero-order valence-corrected chi connectivity index (χ0v) is 20.7. The number of nitrogens with one attached hydrogen (secondary N) is 1. The van der Waals surface area contributed by atoms with Crippen LogP contribution < -0.4 is 10.1 Å². The van der Waals surface area contributed by atoms with Crippen molar-refractivity contribution < 1.29 is 29.3 Å². The van der Waals surface area contributed by atoms with Crippen molar-refractivity contribution in [1.82, 2.24) is 0 Å². The molecular weight excluding hydrogens is 494 g/mol. The average molecular weight is 520 g/mol. The van der Waals surface area contributed by atoms with Crippen molar-refractivity contribution in [2.45, 2.75) is 12.2 Å². The first-order valence-corrected chi connectivity index (χ1v) is 12.3. The van der Waals surface area contributed by atoms with Gasteiger partial charge in [0, 0.05) is 22.4 Å². The van der Waals surface area contributed by atoms with Gasteiger partial charge in [-0.05, 0) is 41.1 Å². The van der Waals surface area contributed by atoms with Gasteiger partial charge < -0.3 is 19.7 Å². The number of carboxylic acids is 1. The Balaban J connectivity index is 1.57. The van der Waals surface area contributed by atoms with Gasteiger partial charge >= 0.3 is 12.1 Å². The number of anilines is 1. The number of phenols is 1. The highest BCUT2D eigenvalue weighted by atomic mass is 16.6. The van der Waals surface area contributed by atoms with Crippen LogP contribution in [0.2, 0.25) is 0 Å². The molecule has 5 aromatic rings. The number of hydrogen-bond acceptors (Lipinski definition) is 5. The Bertz CT molecular complexity index is 1660. The van der Waals surface area contributed by atoms with Crippen molar-refractivity contribution >= 4 is 39.3 Å². The van der Waals surface area contributed by atoms with Gasteiger partial charge in [-0.2, -0.15) is 0 Å². The lowest BCUT2D eigenvalue weighted by Crippen LogP contribution is -2.30. The number of carboxylic acid groups (broad SMARTS) is 1. The molecule has 194 valence electrons. The maximum absolute atomic E-state index is 13.4. The molecule has 0 saturated carbocycles. The van der Waals surface area contributed by atoms with Crippen LogP contribution in [0.1, 0.15) is 11.7 Å². The summed E-state index contributed by atoms with van der Waals surface area (Å²) >= 11 is 0. The Morgan fingerprint density at radius 2 is 1.41 bits per heavy atom. The summed E-state index contributed by atoms with van der Waals surface area (Å²) < 4.78 is 12.2. The second kappa shape index (κ2) is 11.4. The Labute approximate surface area is 224 Å². The molecule has 1 amide bonds. The molecule has 7 nitrogen and oxygen atoms in total. The van der Waals surface area contributed by atoms with Crippen LogP contribution in [0.4, 0.5) is 10.5 Å². The fraction of sp³-hybridized carbons (Fsp3) is 0.0625. The topological polar surface area (TPSA) is 105 Å². The molecule has 0 fully saturated rings. The van der Waals surface area contributed by atoms with Crippen LogP contribution in [-0.2, 0) is 9.53 Å². The number of ether oxygens (including phenoxy) is 2. The number of aliphatic carboxylic acids is 1. The molecule has 0 spiro atoms. The monoisotopic (exact) mass is 519 g/mol. The molecule has 0 unspecified atom stereocenters. The van der Waals surface area contributed by atoms with Gasteiger partial charge in [0.05, 0.1) is 5.69 Å². The molecule has 0 saturated heterocycles. The Hall–Kier alpha value is -5.30. The first-order chi connectivity index (χ1) is 19.0. The van der Waals surface area contributed by atoms with E-state index in [2.05, 4.69) is 5.32 Å². The van der Waals surface area contributed by atoms with E-state index in [1.807, 2.05) is 42.5 Å². The minimum atomic E-state index is -1.17. The zero-order valence-electron chi connectivity index (χ0n) is 20.7. The van der Waals surface area contributed by atoms with Crippen LogP contribution in [-0.4, -0.2) is 28.4 Å². The molecule has 0 aliphatic carbocycles. The highest BCUT2D eigenvalue weighted by Crippen LogP contribution is 2.36. The lowest BCUT2D eigenvalue weighted by molar-refractivity contribution is -0.131. The van der Waals surface area contributed by atoms with Gasteiger partial charge in [0.25, 0.3) is 0 Å². The standard InChI is InChI=1S/C32H25NO6/c34-28-18-17-26(24-14-6-7-15-25(24)28)31(29(19-20-30(35)36)38-22-11-2-1-3-12-22)39-32(37)33-27-16-8-10-21-9-4-5-13-23(21)27/h1-20,29,31,34H,(H,33,37)(H,35,36)/b20-19+/t29-,31-/m0/s1. The molecule has 0 bridgehead atoms. The van der Waals surface area contributed by atoms with E-state index in [9.17, 15) is 19.8 Å². The van der Waals surface area contributed by atoms with E-state index in [-0.39, 0.29) is 5.75 Å². The molecular formula is C32H25NO6. The minimum Gasteiger partial charge on any atom is -0.507 e. The lowest BCUT2D eigenvalue weighted by atomic mass is 9.96. The third-order valence-corrected chi connectivity index (χ3v) is 6.24. The number of benzene rings is 5. The van der Waals surface area contributed by atoms with Gasteiger partial charge in [-0.1, -0.05) is 84.9 Å². The van der Waals surface area contributed by atoms with Crippen LogP contribution in [0.3, 0.4) is 0 Å². The minimum absolute atomic E-state index is 0.0647. The first kappa shape index (κ1) is 25.4. The number of amides is 1.